The van der Waals surface area contributed by atoms with Crippen LogP contribution in [0.3, 0.4) is 0 Å². The summed E-state index contributed by atoms with van der Waals surface area (Å²) in [5.41, 5.74) is 12.3. The van der Waals surface area contributed by atoms with E-state index in [1.54, 1.807) is 12.4 Å². The molecule has 0 radical (unpaired) electrons. The summed E-state index contributed by atoms with van der Waals surface area (Å²) >= 11 is 0. The van der Waals surface area contributed by atoms with E-state index in [1.165, 1.54) is 24.0 Å². The van der Waals surface area contributed by atoms with Gasteiger partial charge in [-0.1, -0.05) is 49.8 Å². The zero-order chi connectivity index (χ0) is 39.4. The molecule has 0 bridgehead atoms. The standard InChI is InChI=1S/C28H39N3O2.C17H23N5O/c1-5-8-23(24-10-12-25(13-11-24)27-29-18-7-19-30-27)16-20-31(4)26(32)14-9-22-15-17-28(3,21-22)33-6-2;23-21-14-2-1-7-17(8-5-14)11-15(20-22-17)12-6-9-18-16(10-12)19-13-3-4-13/h7,10-13,16,18-19,22H,5-6,8-9,14-15,17,20-21H2,1-4H3;5-6,9-10,13,21-23H,1-4,7-8,11H2,(H,18,19)/b23-16+;/t22-,28+;/m1./s1. The van der Waals surface area contributed by atoms with Gasteiger partial charge in [-0.25, -0.2) is 15.0 Å². The number of hydroxylamine groups is 1. The van der Waals surface area contributed by atoms with Gasteiger partial charge >= 0.3 is 0 Å². The monoisotopic (exact) mass is 762 g/mol. The number of amides is 1. The molecule has 56 heavy (non-hydrogen) atoms. The van der Waals surface area contributed by atoms with Crippen LogP contribution in [0.1, 0.15) is 122 Å². The first-order valence-corrected chi connectivity index (χ1v) is 20.8. The molecule has 0 saturated heterocycles. The lowest BCUT2D eigenvalue weighted by molar-refractivity contribution is -0.129. The Morgan fingerprint density at radius 3 is 2.57 bits per heavy atom. The molecule has 2 saturated carbocycles. The van der Waals surface area contributed by atoms with E-state index in [-0.39, 0.29) is 17.0 Å². The van der Waals surface area contributed by atoms with Crippen molar-refractivity contribution in [3.63, 3.8) is 0 Å². The molecule has 4 aliphatic rings. The number of aromatic nitrogens is 3. The molecule has 7 rings (SSSR count). The summed E-state index contributed by atoms with van der Waals surface area (Å²) in [6.45, 7) is 7.86. The van der Waals surface area contributed by atoms with Crippen LogP contribution in [0.4, 0.5) is 5.82 Å². The number of hydrazone groups is 1. The average molecular weight is 763 g/mol. The highest BCUT2D eigenvalue weighted by atomic mass is 16.5. The van der Waals surface area contributed by atoms with Crippen LogP contribution in [0.5, 0.6) is 0 Å². The number of pyridine rings is 1. The quantitative estimate of drug-likeness (QED) is 0.112. The van der Waals surface area contributed by atoms with E-state index in [0.717, 1.165) is 111 Å². The molecule has 1 spiro atoms. The summed E-state index contributed by atoms with van der Waals surface area (Å²) in [6, 6.07) is 15.0. The van der Waals surface area contributed by atoms with Crippen LogP contribution in [0.25, 0.3) is 17.0 Å². The van der Waals surface area contributed by atoms with Crippen molar-refractivity contribution in [3.05, 3.63) is 90.0 Å². The van der Waals surface area contributed by atoms with Crippen molar-refractivity contribution in [2.45, 2.75) is 128 Å². The Balaban J connectivity index is 0.000000201. The highest BCUT2D eigenvalue weighted by Crippen LogP contribution is 2.39. The van der Waals surface area contributed by atoms with Gasteiger partial charge in [-0.2, -0.15) is 5.10 Å². The largest absolute Gasteiger partial charge is 0.376 e. The Morgan fingerprint density at radius 2 is 1.84 bits per heavy atom. The van der Waals surface area contributed by atoms with E-state index in [0.29, 0.717) is 24.9 Å². The molecule has 1 aliphatic heterocycles. The number of ether oxygens (including phenoxy) is 1. The first-order valence-electron chi connectivity index (χ1n) is 20.8. The molecule has 4 N–H and O–H groups in total. The Hall–Kier alpha value is -4.61. The molecule has 3 heterocycles. The minimum Gasteiger partial charge on any atom is -0.376 e. The third kappa shape index (κ3) is 11.5. The Labute approximate surface area is 333 Å². The van der Waals surface area contributed by atoms with E-state index in [1.807, 2.05) is 30.3 Å². The first-order chi connectivity index (χ1) is 27.2. The molecule has 1 unspecified atom stereocenters. The van der Waals surface area contributed by atoms with E-state index < -0.39 is 0 Å². The van der Waals surface area contributed by atoms with Crippen molar-refractivity contribution in [3.8, 4) is 11.4 Å². The number of benzene rings is 1. The maximum atomic E-state index is 12.7. The van der Waals surface area contributed by atoms with E-state index in [4.69, 9.17) is 9.94 Å². The Bertz CT molecular complexity index is 1830. The van der Waals surface area contributed by atoms with E-state index >= 15 is 0 Å². The molecule has 1 aromatic carbocycles. The Kier molecular flexibility index (Phi) is 14.3. The third-order valence-corrected chi connectivity index (χ3v) is 11.6. The molecule has 300 valence electrons. The second-order valence-electron chi connectivity index (χ2n) is 16.3. The lowest BCUT2D eigenvalue weighted by atomic mass is 9.86. The number of rotatable bonds is 15. The second kappa shape index (κ2) is 19.5. The molecular formula is C45H62N8O3. The van der Waals surface area contributed by atoms with E-state index in [9.17, 15) is 4.79 Å². The summed E-state index contributed by atoms with van der Waals surface area (Å²) < 4.78 is 5.93. The lowest BCUT2D eigenvalue weighted by Crippen LogP contribution is -2.38. The van der Waals surface area contributed by atoms with Crippen molar-refractivity contribution in [2.75, 3.05) is 25.5 Å². The molecule has 2 aromatic heterocycles. The molecule has 3 atom stereocenters. The van der Waals surface area contributed by atoms with Crippen LogP contribution in [0.15, 0.2) is 84.0 Å². The van der Waals surface area contributed by atoms with Gasteiger partial charge in [-0.3, -0.25) is 15.5 Å². The Morgan fingerprint density at radius 1 is 1.04 bits per heavy atom. The highest BCUT2D eigenvalue weighted by molar-refractivity contribution is 6.02. The van der Waals surface area contributed by atoms with Gasteiger partial charge in [-0.05, 0) is 120 Å². The van der Waals surface area contributed by atoms with Crippen molar-refractivity contribution in [1.82, 2.24) is 30.8 Å². The number of hydrogen-bond acceptors (Lipinski definition) is 10. The average Bonchev–Trinajstić information content (AvgIpc) is 3.87. The normalized spacial score (nSPS) is 23.3. The predicted molar refractivity (Wildman–Crippen MR) is 224 cm³/mol. The van der Waals surface area contributed by atoms with Crippen LogP contribution in [-0.2, 0) is 9.53 Å². The number of anilines is 1. The van der Waals surface area contributed by atoms with Gasteiger partial charge in [0.05, 0.1) is 16.9 Å². The number of likely N-dealkylation sites (N-methyl/N-ethyl adjacent to an activating group) is 1. The third-order valence-electron chi connectivity index (χ3n) is 11.6. The van der Waals surface area contributed by atoms with Crippen molar-refractivity contribution in [2.24, 2.45) is 11.0 Å². The van der Waals surface area contributed by atoms with Crippen LogP contribution in [0.2, 0.25) is 0 Å². The fraction of sp³-hybridized carbons (Fsp3) is 0.533. The fourth-order valence-electron chi connectivity index (χ4n) is 8.21. The first kappa shape index (κ1) is 41.0. The SMILES string of the molecule is CCC/C(=C\CN(C)C(=O)CC[C@@H]1CC[C@](C)(OCC)C1)c1ccc(-c2ncccn2)cc1.ONC1=CCC2(CCC1)CC(c1ccnc(NC3CC3)c1)=NN2. The molecule has 11 nitrogen and oxygen atoms in total. The molecule has 11 heteroatoms. The molecule has 1 amide bonds. The molecule has 3 aromatic rings. The van der Waals surface area contributed by atoms with Crippen LogP contribution >= 0.6 is 0 Å². The number of hydrogen-bond donors (Lipinski definition) is 4. The van der Waals surface area contributed by atoms with Gasteiger partial charge in [0.1, 0.15) is 5.82 Å². The number of nitrogens with zero attached hydrogens (tertiary/aromatic N) is 5. The van der Waals surface area contributed by atoms with Gasteiger partial charge in [0.25, 0.3) is 0 Å². The fourth-order valence-corrected chi connectivity index (χ4v) is 8.21. The van der Waals surface area contributed by atoms with Crippen LogP contribution in [0, 0.1) is 5.92 Å². The number of allylic oxidation sites excluding steroid dienone is 2. The van der Waals surface area contributed by atoms with Crippen LogP contribution < -0.4 is 16.2 Å². The second-order valence-corrected chi connectivity index (χ2v) is 16.3. The van der Waals surface area contributed by atoms with Crippen LogP contribution in [-0.4, -0.2) is 74.1 Å². The predicted octanol–water partition coefficient (Wildman–Crippen LogP) is 8.69. The molecular weight excluding hydrogens is 701 g/mol. The smallest absolute Gasteiger partial charge is 0.222 e. The minimum atomic E-state index is -0.0126. The summed E-state index contributed by atoms with van der Waals surface area (Å²) in [7, 11) is 1.91. The maximum Gasteiger partial charge on any atom is 0.222 e. The zero-order valence-corrected chi connectivity index (χ0v) is 33.9. The molecule has 2 fully saturated rings. The summed E-state index contributed by atoms with van der Waals surface area (Å²) in [4.78, 5) is 27.7. The lowest BCUT2D eigenvalue weighted by Gasteiger charge is -2.26. The minimum absolute atomic E-state index is 0.00828. The van der Waals surface area contributed by atoms with Gasteiger partial charge in [-0.15, -0.1) is 0 Å². The van der Waals surface area contributed by atoms with Gasteiger partial charge in [0, 0.05) is 74.5 Å². The zero-order valence-electron chi connectivity index (χ0n) is 33.9. The van der Waals surface area contributed by atoms with Gasteiger partial charge in [0.15, 0.2) is 5.82 Å². The highest BCUT2D eigenvalue weighted by Gasteiger charge is 2.37. The van der Waals surface area contributed by atoms with Crippen molar-refractivity contribution in [1.29, 1.82) is 0 Å². The van der Waals surface area contributed by atoms with Gasteiger partial charge in [0.2, 0.25) is 5.91 Å². The number of carbonyl (C=O) groups excluding carboxylic acids is 1. The number of carbonyl (C=O) groups is 1. The summed E-state index contributed by atoms with van der Waals surface area (Å²) in [5.74, 6) is 2.50. The number of nitrogens with one attached hydrogen (secondary N) is 3. The van der Waals surface area contributed by atoms with Crippen molar-refractivity contribution < 1.29 is 14.7 Å². The summed E-state index contributed by atoms with van der Waals surface area (Å²) in [5, 5.41) is 17.2. The maximum absolute atomic E-state index is 12.7. The van der Waals surface area contributed by atoms with E-state index in [2.05, 4.69) is 99.5 Å². The van der Waals surface area contributed by atoms with Gasteiger partial charge < -0.3 is 20.4 Å². The van der Waals surface area contributed by atoms with Crippen molar-refractivity contribution >= 4 is 23.0 Å². The topological polar surface area (TPSA) is 137 Å². The molecule has 3 aliphatic carbocycles. The summed E-state index contributed by atoms with van der Waals surface area (Å²) in [6.07, 6.45) is 23.9.